The minimum atomic E-state index is -4.66. The number of sulfonamides is 2. The summed E-state index contributed by atoms with van der Waals surface area (Å²) in [6.45, 7) is 16.8. The number of aryl methyl sites for hydroxylation is 1. The van der Waals surface area contributed by atoms with Crippen LogP contribution in [0.4, 0.5) is 0 Å². The fraction of sp³-hybridized carbons (Fsp3) is 0.562. The number of likely N-dealkylation sites (N-methyl/N-ethyl adjacent to an activating group) is 2. The van der Waals surface area contributed by atoms with E-state index in [1.54, 1.807) is 22.9 Å². The van der Waals surface area contributed by atoms with Crippen LogP contribution in [0.15, 0.2) is 32.7 Å². The third kappa shape index (κ3) is 14.6. The molecule has 0 spiro atoms. The number of rotatable bonds is 26. The smallest absolute Gasteiger partial charge is 0.347 e. The number of carbonyl (C=O) groups is 7. The van der Waals surface area contributed by atoms with Gasteiger partial charge in [-0.2, -0.15) is 4.31 Å². The Kier molecular flexibility index (Phi) is 20.4. The number of aromatic amines is 1. The molecule has 0 fully saturated rings. The number of ketones is 1. The van der Waals surface area contributed by atoms with Crippen molar-refractivity contribution in [3.63, 3.8) is 0 Å². The lowest BCUT2D eigenvalue weighted by atomic mass is 9.93. The van der Waals surface area contributed by atoms with E-state index in [4.69, 9.17) is 23.7 Å². The Morgan fingerprint density at radius 2 is 1.58 bits per heavy atom. The van der Waals surface area contributed by atoms with E-state index in [0.717, 1.165) is 57.2 Å². The summed E-state index contributed by atoms with van der Waals surface area (Å²) >= 11 is 0.473. The van der Waals surface area contributed by atoms with Crippen molar-refractivity contribution in [3.8, 4) is 5.75 Å². The molecule has 3 aromatic rings. The maximum atomic E-state index is 13.5. The van der Waals surface area contributed by atoms with Gasteiger partial charge in [-0.05, 0) is 95.6 Å². The highest BCUT2D eigenvalue weighted by molar-refractivity contribution is 7.94. The van der Waals surface area contributed by atoms with Crippen LogP contribution >= 0.6 is 11.3 Å². The Morgan fingerprint density at radius 3 is 2.23 bits per heavy atom. The van der Waals surface area contributed by atoms with E-state index in [1.165, 1.54) is 17.5 Å². The van der Waals surface area contributed by atoms with Crippen LogP contribution in [0.3, 0.4) is 0 Å². The lowest BCUT2D eigenvalue weighted by Crippen LogP contribution is -2.43. The summed E-state index contributed by atoms with van der Waals surface area (Å²) in [6.07, 6.45) is -5.01. The molecule has 73 heavy (non-hydrogen) atoms. The number of methoxy groups -OCH3 is 1. The van der Waals surface area contributed by atoms with Gasteiger partial charge in [0.1, 0.15) is 20.0 Å². The molecule has 22 nitrogen and oxygen atoms in total. The molecule has 402 valence electrons. The number of carbonyl (C=O) groups excluding carboxylic acids is 7. The van der Waals surface area contributed by atoms with Crippen LogP contribution in [0, 0.1) is 13.8 Å². The quantitative estimate of drug-likeness (QED) is 0.0389. The molecular formula is C48H66N6O16S3. The number of benzene rings is 1. The molecule has 2 aliphatic rings. The van der Waals surface area contributed by atoms with Crippen LogP contribution in [0.25, 0.3) is 0 Å². The molecule has 1 unspecified atom stereocenters. The fourth-order valence-corrected chi connectivity index (χ4v) is 13.4. The molecule has 5 atom stereocenters. The fourth-order valence-electron chi connectivity index (χ4n) is 8.43. The van der Waals surface area contributed by atoms with Gasteiger partial charge in [0.2, 0.25) is 0 Å². The number of H-pyrrole nitrogens is 1. The second-order valence-corrected chi connectivity index (χ2v) is 22.7. The maximum Gasteiger partial charge on any atom is 0.347 e. The van der Waals surface area contributed by atoms with Crippen LogP contribution in [-0.4, -0.2) is 150 Å². The summed E-state index contributed by atoms with van der Waals surface area (Å²) in [6, 6.07) is 5.50. The normalized spacial score (nSPS) is 17.5. The first kappa shape index (κ1) is 58.3. The van der Waals surface area contributed by atoms with Crippen molar-refractivity contribution in [2.24, 2.45) is 0 Å². The highest BCUT2D eigenvalue weighted by atomic mass is 32.3. The second kappa shape index (κ2) is 25.6. The third-order valence-electron chi connectivity index (χ3n) is 12.5. The minimum absolute atomic E-state index is 0.0283. The largest absolute Gasteiger partial charge is 0.451 e. The summed E-state index contributed by atoms with van der Waals surface area (Å²) in [5.41, 5.74) is 4.40. The molecule has 0 saturated heterocycles. The van der Waals surface area contributed by atoms with Gasteiger partial charge in [-0.3, -0.25) is 24.0 Å². The van der Waals surface area contributed by atoms with Crippen molar-refractivity contribution in [1.29, 1.82) is 0 Å². The Labute approximate surface area is 429 Å². The van der Waals surface area contributed by atoms with Crippen molar-refractivity contribution in [2.45, 2.75) is 126 Å². The predicted octanol–water partition coefficient (Wildman–Crippen LogP) is 2.89. The summed E-state index contributed by atoms with van der Waals surface area (Å²) in [4.78, 5) is 95.9. The molecule has 1 aliphatic heterocycles. The van der Waals surface area contributed by atoms with E-state index in [-0.39, 0.29) is 46.7 Å². The van der Waals surface area contributed by atoms with Crippen molar-refractivity contribution in [1.82, 2.24) is 29.5 Å². The highest BCUT2D eigenvalue weighted by Crippen LogP contribution is 2.41. The molecule has 5 rings (SSSR count). The Morgan fingerprint density at radius 1 is 0.918 bits per heavy atom. The van der Waals surface area contributed by atoms with Crippen LogP contribution in [0.2, 0.25) is 0 Å². The molecule has 2 aromatic heterocycles. The van der Waals surface area contributed by atoms with Gasteiger partial charge >= 0.3 is 23.9 Å². The monoisotopic (exact) mass is 1080 g/mol. The molecule has 0 saturated carbocycles. The average molecular weight is 1080 g/mol. The molecular weight excluding hydrogens is 1010 g/mol. The standard InChI is InChI=1S/C48H66N6O16S3/c1-10-49-38-26-54(19-13-21-66-9)73(64,65)48-36(38)25-42(71-48)72(62,63)52-44(58)29(6)68-47(61)31(8)69-46(60)30(7)67-40(56)16-17-41(57)70-33-15-14-32-22-39(55)35(34(32)23-33)24-37-27(4)43(28(5)51-37)45(59)50-18-20-53(11-2)12-3/h14-15,23,25,29-31,35,38,49,51H,10-13,16-22,24,26H2,1-9H3,(H,50,59)(H,52,58)/t29-,30-,31-,35?,38-/m0/s1. The van der Waals surface area contributed by atoms with Gasteiger partial charge in [0, 0.05) is 81.6 Å². The molecule has 1 aromatic carbocycles. The van der Waals surface area contributed by atoms with Crippen LogP contribution in [0.1, 0.15) is 117 Å². The molecule has 3 heterocycles. The molecule has 4 N–H and O–H groups in total. The Hall–Kier alpha value is -5.57. The van der Waals surface area contributed by atoms with E-state index < -0.39 is 97.2 Å². The van der Waals surface area contributed by atoms with Gasteiger partial charge in [0.05, 0.1) is 18.4 Å². The summed E-state index contributed by atoms with van der Waals surface area (Å²) < 4.78 is 81.7. The first-order chi connectivity index (χ1) is 34.4. The number of Topliss-reactive ketones (excluding diaryl/α,β-unsaturated/α-hetero) is 1. The topological polar surface area (TPSA) is 292 Å². The number of nitrogens with one attached hydrogen (secondary N) is 4. The lowest BCUT2D eigenvalue weighted by Gasteiger charge is -2.32. The second-order valence-electron chi connectivity index (χ2n) is 17.6. The SMILES string of the molecule is CCN[C@H]1CN(CCCOC)S(=O)(=O)c2sc(S(=O)(=O)NC(=O)[C@H](C)OC(=O)[C@H](C)OC(=O)[C@H](C)OC(=O)CCC(=O)Oc3ccc4c(c3)C(Cc3[nH]c(C)c(C(=O)NCCN(CC)CC)c3C)C(=O)C4)cc21. The van der Waals surface area contributed by atoms with Crippen molar-refractivity contribution >= 4 is 72.9 Å². The summed E-state index contributed by atoms with van der Waals surface area (Å²) in [5.74, 6) is -6.13. The number of hydrogen-bond donors (Lipinski definition) is 4. The zero-order valence-corrected chi connectivity index (χ0v) is 45.0. The number of fused-ring (bicyclic) bond motifs is 2. The maximum absolute atomic E-state index is 13.5. The summed E-state index contributed by atoms with van der Waals surface area (Å²) in [5, 5.41) is 6.15. The third-order valence-corrected chi connectivity index (χ3v) is 17.8. The van der Waals surface area contributed by atoms with E-state index in [1.807, 2.05) is 20.8 Å². The molecule has 0 radical (unpaired) electrons. The number of aromatic nitrogens is 1. The van der Waals surface area contributed by atoms with E-state index in [9.17, 15) is 50.4 Å². The van der Waals surface area contributed by atoms with Gasteiger partial charge in [-0.15, -0.1) is 11.3 Å². The number of esters is 4. The van der Waals surface area contributed by atoms with Crippen molar-refractivity contribution in [3.05, 3.63) is 63.5 Å². The molecule has 2 amide bonds. The minimum Gasteiger partial charge on any atom is -0.451 e. The van der Waals surface area contributed by atoms with Gasteiger partial charge in [0.25, 0.3) is 31.9 Å². The van der Waals surface area contributed by atoms with Gasteiger partial charge in [0.15, 0.2) is 18.3 Å². The average Bonchev–Trinajstić information content (AvgIpc) is 4.01. The van der Waals surface area contributed by atoms with Crippen LogP contribution in [-0.2, 0) is 80.6 Å². The first-order valence-corrected chi connectivity index (χ1v) is 27.8. The number of hydrogen-bond acceptors (Lipinski definition) is 19. The van der Waals surface area contributed by atoms with Gasteiger partial charge < -0.3 is 44.2 Å². The number of thiophene rings is 1. The number of nitrogens with zero attached hydrogens (tertiary/aromatic N) is 2. The molecule has 25 heteroatoms. The van der Waals surface area contributed by atoms with E-state index in [2.05, 4.69) is 34.4 Å². The highest BCUT2D eigenvalue weighted by Gasteiger charge is 2.41. The van der Waals surface area contributed by atoms with E-state index in [0.29, 0.717) is 60.7 Å². The zero-order valence-electron chi connectivity index (χ0n) is 42.5. The Bertz CT molecular complexity index is 2770. The van der Waals surface area contributed by atoms with Gasteiger partial charge in [-0.25, -0.2) is 31.1 Å². The summed E-state index contributed by atoms with van der Waals surface area (Å²) in [7, 11) is -7.25. The van der Waals surface area contributed by atoms with Crippen molar-refractivity contribution < 1.29 is 74.1 Å². The van der Waals surface area contributed by atoms with Crippen LogP contribution < -0.4 is 20.1 Å². The zero-order chi connectivity index (χ0) is 53.9. The lowest BCUT2D eigenvalue weighted by molar-refractivity contribution is -0.179. The number of amides is 2. The van der Waals surface area contributed by atoms with Crippen molar-refractivity contribution in [2.75, 3.05) is 59.5 Å². The molecule has 1 aliphatic carbocycles. The number of ether oxygens (including phenoxy) is 5. The van der Waals surface area contributed by atoms with Crippen LogP contribution in [0.5, 0.6) is 5.75 Å². The predicted molar refractivity (Wildman–Crippen MR) is 265 cm³/mol. The van der Waals surface area contributed by atoms with Gasteiger partial charge in [-0.1, -0.05) is 26.8 Å². The molecule has 0 bridgehead atoms. The van der Waals surface area contributed by atoms with E-state index >= 15 is 0 Å². The first-order valence-electron chi connectivity index (χ1n) is 24.0. The Balaban J connectivity index is 1.08.